The van der Waals surface area contributed by atoms with E-state index in [9.17, 15) is 63.3 Å². The third-order valence-electron chi connectivity index (χ3n) is 13.4. The molecule has 4 heterocycles. The van der Waals surface area contributed by atoms with E-state index in [1.807, 2.05) is 11.9 Å². The van der Waals surface area contributed by atoms with Gasteiger partial charge in [-0.25, -0.2) is 4.98 Å². The molecule has 2 aliphatic rings. The van der Waals surface area contributed by atoms with Crippen LogP contribution < -0.4 is 20.7 Å². The molecule has 3 aromatic rings. The Balaban J connectivity index is 1.16. The molecule has 0 spiro atoms. The first-order valence-electron chi connectivity index (χ1n) is 26.0. The van der Waals surface area contributed by atoms with Crippen molar-refractivity contribution in [1.82, 2.24) is 60.2 Å². The zero-order valence-electron chi connectivity index (χ0n) is 44.3. The molecule has 0 unspecified atom stereocenters. The summed E-state index contributed by atoms with van der Waals surface area (Å²) < 4.78 is 19.4. The van der Waals surface area contributed by atoms with E-state index in [0.29, 0.717) is 80.7 Å². The Morgan fingerprint density at radius 3 is 1.97 bits per heavy atom. The van der Waals surface area contributed by atoms with E-state index >= 15 is 0 Å². The van der Waals surface area contributed by atoms with Gasteiger partial charge in [-0.2, -0.15) is 9.65 Å². The van der Waals surface area contributed by atoms with Gasteiger partial charge in [-0.05, 0) is 82.0 Å². The van der Waals surface area contributed by atoms with Crippen LogP contribution in [0.25, 0.3) is 10.9 Å². The standard InChI is InChI=1S/C52H72FN13O12/c1-60(16-6-28-78-39-10-11-42-41(29-39)40(13-15-55-42)51(76)58-32-46(68)66-17-5-7-38(66)30-54)18-19-61(2)52(77)43(8-3-4-14-56-50(75)37-9-12-44(53)57-31-37)59-45(67)33-62-20-22-63(34-47(69)70)24-26-65(36-49(73)74)27-25-64(23-21-62)35-48(71)72/h9-13,15,29,31,38,43H,3-8,14,16-28,32-36H2,1-2H3,(H,56,75)(H,58,76)(H,59,67)(H,69,70)(H,71,72)(H,73,74)/t38-,43-/m0/s1. The van der Waals surface area contributed by atoms with E-state index in [4.69, 9.17) is 4.74 Å². The van der Waals surface area contributed by atoms with Gasteiger partial charge >= 0.3 is 17.9 Å². The Hall–Kier alpha value is -7.44. The number of carbonyl (C=O) groups excluding carboxylic acids is 5. The van der Waals surface area contributed by atoms with E-state index in [1.54, 1.807) is 50.9 Å². The van der Waals surface area contributed by atoms with Crippen LogP contribution in [0.5, 0.6) is 5.75 Å². The number of likely N-dealkylation sites (N-methyl/N-ethyl adjacent to an activating group) is 2. The highest BCUT2D eigenvalue weighted by Crippen LogP contribution is 2.23. The molecule has 424 valence electrons. The highest BCUT2D eigenvalue weighted by molar-refractivity contribution is 6.07. The predicted molar refractivity (Wildman–Crippen MR) is 281 cm³/mol. The van der Waals surface area contributed by atoms with Gasteiger partial charge in [0.15, 0.2) is 0 Å². The number of pyridine rings is 2. The molecule has 2 aliphatic heterocycles. The number of rotatable bonds is 27. The third kappa shape index (κ3) is 20.8. The molecule has 0 aliphatic carbocycles. The molecule has 25 nitrogen and oxygen atoms in total. The van der Waals surface area contributed by atoms with Crippen LogP contribution in [0.2, 0.25) is 0 Å². The lowest BCUT2D eigenvalue weighted by atomic mass is 10.1. The third-order valence-corrected chi connectivity index (χ3v) is 13.4. The van der Waals surface area contributed by atoms with Crippen molar-refractivity contribution in [3.63, 3.8) is 0 Å². The van der Waals surface area contributed by atoms with Crippen LogP contribution in [0.1, 0.15) is 59.2 Å². The van der Waals surface area contributed by atoms with Crippen LogP contribution in [0.15, 0.2) is 48.8 Å². The topological polar surface area (TPSA) is 315 Å². The predicted octanol–water partition coefficient (Wildman–Crippen LogP) is -0.267. The number of hydrogen-bond acceptors (Lipinski definition) is 17. The van der Waals surface area contributed by atoms with Gasteiger partial charge in [0.2, 0.25) is 23.7 Å². The number of halogens is 1. The SMILES string of the molecule is CN(CCCOc1ccc2nccc(C(=O)NCC(=O)N3CCC[C@H]3C#N)c2c1)CCN(C)C(=O)[C@H](CCCCNC(=O)c1ccc(F)nc1)NC(=O)CN1CCN(CC(=O)O)CCN(CC(=O)O)CCN(CC(=O)O)CC1. The average molecular weight is 1090 g/mol. The molecular weight excluding hydrogens is 1020 g/mol. The van der Waals surface area contributed by atoms with Crippen molar-refractivity contribution in [1.29, 1.82) is 5.26 Å². The summed E-state index contributed by atoms with van der Waals surface area (Å²) in [5.41, 5.74) is 1.06. The number of aromatic nitrogens is 2. The maximum absolute atomic E-state index is 14.2. The number of carboxylic acids is 3. The summed E-state index contributed by atoms with van der Waals surface area (Å²) >= 11 is 0. The minimum absolute atomic E-state index is 0.177. The summed E-state index contributed by atoms with van der Waals surface area (Å²) in [4.78, 5) is 122. The van der Waals surface area contributed by atoms with Crippen molar-refractivity contribution in [2.75, 3.05) is 139 Å². The lowest BCUT2D eigenvalue weighted by Crippen LogP contribution is -2.52. The van der Waals surface area contributed by atoms with Gasteiger partial charge in [-0.3, -0.25) is 62.9 Å². The van der Waals surface area contributed by atoms with Crippen molar-refractivity contribution in [3.8, 4) is 11.8 Å². The van der Waals surface area contributed by atoms with E-state index < -0.39 is 53.7 Å². The fraction of sp³-hybridized carbons (Fsp3) is 0.558. The van der Waals surface area contributed by atoms with Crippen molar-refractivity contribution in [2.45, 2.75) is 50.6 Å². The second-order valence-corrected chi connectivity index (χ2v) is 19.4. The van der Waals surface area contributed by atoms with Crippen LogP contribution in [0.4, 0.5) is 4.39 Å². The second kappa shape index (κ2) is 31.7. The van der Waals surface area contributed by atoms with Gasteiger partial charge < -0.3 is 50.7 Å². The van der Waals surface area contributed by atoms with Crippen molar-refractivity contribution in [3.05, 3.63) is 65.9 Å². The molecule has 2 saturated heterocycles. The summed E-state index contributed by atoms with van der Waals surface area (Å²) in [6.07, 6.45) is 5.63. The largest absolute Gasteiger partial charge is 0.494 e. The molecule has 5 amide bonds. The smallest absolute Gasteiger partial charge is 0.317 e. The number of carboxylic acid groups (broad SMARTS) is 3. The highest BCUT2D eigenvalue weighted by atomic mass is 19.1. The molecule has 0 saturated carbocycles. The Morgan fingerprint density at radius 2 is 1.38 bits per heavy atom. The number of likely N-dealkylation sites (tertiary alicyclic amines) is 1. The van der Waals surface area contributed by atoms with E-state index in [2.05, 4.69) is 32.0 Å². The molecule has 0 radical (unpaired) electrons. The maximum atomic E-state index is 14.2. The minimum atomic E-state index is -1.08. The molecular formula is C52H72FN13O12. The summed E-state index contributed by atoms with van der Waals surface area (Å²) in [5.74, 6) is -5.53. The molecule has 2 atom stereocenters. The van der Waals surface area contributed by atoms with E-state index in [1.165, 1.54) is 22.1 Å². The lowest BCUT2D eigenvalue weighted by molar-refractivity contribution is -0.140. The maximum Gasteiger partial charge on any atom is 0.317 e. The lowest BCUT2D eigenvalue weighted by Gasteiger charge is -2.33. The highest BCUT2D eigenvalue weighted by Gasteiger charge is 2.29. The number of nitrogens with zero attached hydrogens (tertiary/aromatic N) is 10. The number of carbonyl (C=O) groups is 8. The quantitative estimate of drug-likeness (QED) is 0.0423. The van der Waals surface area contributed by atoms with E-state index in [-0.39, 0.29) is 115 Å². The fourth-order valence-corrected chi connectivity index (χ4v) is 9.07. The number of ether oxygens (including phenoxy) is 1. The van der Waals surface area contributed by atoms with Gasteiger partial charge in [-0.1, -0.05) is 0 Å². The van der Waals surface area contributed by atoms with Gasteiger partial charge in [0, 0.05) is 110 Å². The van der Waals surface area contributed by atoms with Gasteiger partial charge in [-0.15, -0.1) is 0 Å². The molecule has 6 N–H and O–H groups in total. The second-order valence-electron chi connectivity index (χ2n) is 19.4. The number of nitriles is 1. The minimum Gasteiger partial charge on any atom is -0.494 e. The first-order chi connectivity index (χ1) is 37.4. The number of unbranched alkanes of at least 4 members (excludes halogenated alkanes) is 1. The van der Waals surface area contributed by atoms with Crippen LogP contribution in [0, 0.1) is 17.3 Å². The number of nitrogens with one attached hydrogen (secondary N) is 3. The molecule has 1 aromatic carbocycles. The first-order valence-corrected chi connectivity index (χ1v) is 26.0. The van der Waals surface area contributed by atoms with Gasteiger partial charge in [0.1, 0.15) is 17.8 Å². The first kappa shape index (κ1) is 61.4. The van der Waals surface area contributed by atoms with Crippen molar-refractivity contribution < 1.29 is 62.8 Å². The molecule has 0 bridgehead atoms. The summed E-state index contributed by atoms with van der Waals surface area (Å²) in [7, 11) is 3.53. The fourth-order valence-electron chi connectivity index (χ4n) is 9.07. The molecule has 2 aromatic heterocycles. The molecule has 78 heavy (non-hydrogen) atoms. The molecule has 5 rings (SSSR count). The average Bonchev–Trinajstić information content (AvgIpc) is 3.90. The summed E-state index contributed by atoms with van der Waals surface area (Å²) in [5, 5.41) is 47.0. The number of amides is 5. The van der Waals surface area contributed by atoms with Gasteiger partial charge in [0.25, 0.3) is 11.8 Å². The molecule has 2 fully saturated rings. The Labute approximate surface area is 452 Å². The summed E-state index contributed by atoms with van der Waals surface area (Å²) in [6, 6.07) is 9.83. The Morgan fingerprint density at radius 1 is 0.756 bits per heavy atom. The monoisotopic (exact) mass is 1090 g/mol. The number of hydrogen-bond donors (Lipinski definition) is 6. The Bertz CT molecular complexity index is 2540. The van der Waals surface area contributed by atoms with Crippen molar-refractivity contribution >= 4 is 58.3 Å². The summed E-state index contributed by atoms with van der Waals surface area (Å²) in [6.45, 7) is 2.60. The number of benzene rings is 1. The number of aliphatic carboxylic acids is 3. The zero-order chi connectivity index (χ0) is 56.6. The van der Waals surface area contributed by atoms with Crippen LogP contribution >= 0.6 is 0 Å². The molecule has 26 heteroatoms. The van der Waals surface area contributed by atoms with Crippen LogP contribution in [0.3, 0.4) is 0 Å². The normalized spacial score (nSPS) is 16.6. The van der Waals surface area contributed by atoms with E-state index in [0.717, 1.165) is 18.7 Å². The van der Waals surface area contributed by atoms with Crippen LogP contribution in [-0.4, -0.2) is 258 Å². The number of fused-ring (bicyclic) bond motifs is 1. The van der Waals surface area contributed by atoms with Crippen molar-refractivity contribution in [2.24, 2.45) is 0 Å². The van der Waals surface area contributed by atoms with Gasteiger partial charge in [0.05, 0.1) is 62.0 Å². The van der Waals surface area contributed by atoms with Crippen LogP contribution in [-0.2, 0) is 28.8 Å². The Kier molecular flexibility index (Phi) is 25.0. The zero-order valence-corrected chi connectivity index (χ0v) is 44.3.